The smallest absolute Gasteiger partial charge is 0.323 e. The number of thioether (sulfide) groups is 1. The van der Waals surface area contributed by atoms with E-state index in [-0.39, 0.29) is 22.7 Å². The summed E-state index contributed by atoms with van der Waals surface area (Å²) in [7, 11) is 0. The van der Waals surface area contributed by atoms with Crippen molar-refractivity contribution in [1.29, 1.82) is 0 Å². The van der Waals surface area contributed by atoms with E-state index >= 15 is 0 Å². The first-order chi connectivity index (χ1) is 12.0. The molecule has 0 bridgehead atoms. The number of carbonyl (C=O) groups excluding carboxylic acids is 2. The van der Waals surface area contributed by atoms with Crippen molar-refractivity contribution in [3.63, 3.8) is 0 Å². The third kappa shape index (κ3) is 4.82. The number of amidine groups is 1. The van der Waals surface area contributed by atoms with Crippen molar-refractivity contribution in [2.45, 2.75) is 68.7 Å². The highest BCUT2D eigenvalue weighted by molar-refractivity contribution is 8.15. The minimum atomic E-state index is -0.0859. The molecular formula is C17H27ClN4O2S. The number of nitrogens with zero attached hydrogens (tertiary/aromatic N) is 3. The lowest BCUT2D eigenvalue weighted by Crippen LogP contribution is -2.56. The first-order valence-electron chi connectivity index (χ1n) is 9.24. The van der Waals surface area contributed by atoms with Gasteiger partial charge < -0.3 is 9.80 Å². The van der Waals surface area contributed by atoms with Crippen molar-refractivity contribution < 1.29 is 9.59 Å². The van der Waals surface area contributed by atoms with E-state index in [0.29, 0.717) is 17.8 Å². The van der Waals surface area contributed by atoms with E-state index < -0.39 is 0 Å². The molecule has 0 radical (unpaired) electrons. The van der Waals surface area contributed by atoms with Gasteiger partial charge in [-0.05, 0) is 25.7 Å². The van der Waals surface area contributed by atoms with Crippen LogP contribution in [0.15, 0.2) is 4.99 Å². The third-order valence-corrected chi connectivity index (χ3v) is 6.60. The maximum absolute atomic E-state index is 13.0. The summed E-state index contributed by atoms with van der Waals surface area (Å²) in [6.45, 7) is 3.62. The van der Waals surface area contributed by atoms with Crippen LogP contribution in [-0.2, 0) is 4.79 Å². The lowest BCUT2D eigenvalue weighted by atomic mass is 9.91. The molecule has 1 unspecified atom stereocenters. The van der Waals surface area contributed by atoms with Gasteiger partial charge in [0.05, 0.1) is 6.54 Å². The second-order valence-corrected chi connectivity index (χ2v) is 9.02. The fourth-order valence-electron chi connectivity index (χ4n) is 4.02. The molecule has 3 rings (SSSR count). The SMILES string of the molecule is CC(=O)N1CCC(N(C(=O)NC2=NCC(Cl)S2)C2CCCCC2)CC1. The molecule has 2 fully saturated rings. The molecule has 25 heavy (non-hydrogen) atoms. The molecule has 0 spiro atoms. The molecule has 1 N–H and O–H groups in total. The van der Waals surface area contributed by atoms with Crippen LogP contribution in [0.4, 0.5) is 4.79 Å². The summed E-state index contributed by atoms with van der Waals surface area (Å²) in [5.41, 5.74) is 0. The quantitative estimate of drug-likeness (QED) is 0.742. The van der Waals surface area contributed by atoms with Gasteiger partial charge in [-0.25, -0.2) is 4.79 Å². The van der Waals surface area contributed by atoms with Crippen LogP contribution in [0.1, 0.15) is 51.9 Å². The van der Waals surface area contributed by atoms with Gasteiger partial charge in [-0.3, -0.25) is 15.1 Å². The predicted octanol–water partition coefficient (Wildman–Crippen LogP) is 3.01. The van der Waals surface area contributed by atoms with Crippen LogP contribution < -0.4 is 5.32 Å². The fraction of sp³-hybridized carbons (Fsp3) is 0.824. The van der Waals surface area contributed by atoms with Gasteiger partial charge >= 0.3 is 6.03 Å². The monoisotopic (exact) mass is 386 g/mol. The minimum absolute atomic E-state index is 0.0507. The van der Waals surface area contributed by atoms with Gasteiger partial charge in [0.25, 0.3) is 0 Å². The summed E-state index contributed by atoms with van der Waals surface area (Å²) >= 11 is 7.47. The van der Waals surface area contributed by atoms with Crippen molar-refractivity contribution in [2.75, 3.05) is 19.6 Å². The number of amides is 3. The first kappa shape index (κ1) is 18.8. The second-order valence-electron chi connectivity index (χ2n) is 7.04. The van der Waals surface area contributed by atoms with Gasteiger partial charge in [-0.15, -0.1) is 11.6 Å². The van der Waals surface area contributed by atoms with Crippen LogP contribution in [0, 0.1) is 0 Å². The molecule has 1 atom stereocenters. The van der Waals surface area contributed by atoms with Crippen molar-refractivity contribution in [3.8, 4) is 0 Å². The summed E-state index contributed by atoms with van der Waals surface area (Å²) < 4.78 is -0.0859. The van der Waals surface area contributed by atoms with Gasteiger partial charge in [0.2, 0.25) is 5.91 Å². The Balaban J connectivity index is 1.66. The maximum Gasteiger partial charge on any atom is 0.323 e. The number of halogens is 1. The molecule has 0 aromatic heterocycles. The number of piperidine rings is 1. The number of alkyl halides is 1. The zero-order valence-electron chi connectivity index (χ0n) is 14.7. The summed E-state index contributed by atoms with van der Waals surface area (Å²) in [6, 6.07) is 0.434. The Morgan fingerprint density at radius 1 is 1.16 bits per heavy atom. The maximum atomic E-state index is 13.0. The molecule has 1 saturated carbocycles. The summed E-state index contributed by atoms with van der Waals surface area (Å²) in [5.74, 6) is 0.122. The van der Waals surface area contributed by atoms with Crippen LogP contribution in [-0.4, -0.2) is 63.3 Å². The van der Waals surface area contributed by atoms with Crippen molar-refractivity contribution >= 4 is 40.5 Å². The van der Waals surface area contributed by atoms with E-state index in [1.54, 1.807) is 6.92 Å². The predicted molar refractivity (Wildman–Crippen MR) is 102 cm³/mol. The van der Waals surface area contributed by atoms with E-state index in [1.165, 1.54) is 31.0 Å². The average molecular weight is 387 g/mol. The van der Waals surface area contributed by atoms with E-state index in [1.807, 2.05) is 4.90 Å². The van der Waals surface area contributed by atoms with Crippen molar-refractivity contribution in [1.82, 2.24) is 15.1 Å². The number of carbonyl (C=O) groups is 2. The van der Waals surface area contributed by atoms with Gasteiger partial charge in [-0.2, -0.15) is 0 Å². The second kappa shape index (κ2) is 8.62. The highest BCUT2D eigenvalue weighted by atomic mass is 35.5. The Morgan fingerprint density at radius 3 is 2.36 bits per heavy atom. The highest BCUT2D eigenvalue weighted by Gasteiger charge is 2.35. The Kier molecular flexibility index (Phi) is 6.49. The third-order valence-electron chi connectivity index (χ3n) is 5.34. The minimum Gasteiger partial charge on any atom is -0.343 e. The van der Waals surface area contributed by atoms with E-state index in [0.717, 1.165) is 38.8 Å². The van der Waals surface area contributed by atoms with E-state index in [4.69, 9.17) is 11.6 Å². The fourth-order valence-corrected chi connectivity index (χ4v) is 5.03. The standard InChI is InChI=1S/C17H27ClN4O2S/c1-12(23)21-9-7-14(8-10-21)22(13-5-3-2-4-6-13)17(24)20-16-19-11-15(18)25-16/h13-15H,2-11H2,1H3,(H,19,20,24). The Hall–Kier alpha value is -0.950. The topological polar surface area (TPSA) is 65.0 Å². The Labute approximate surface area is 158 Å². The van der Waals surface area contributed by atoms with Crippen LogP contribution in [0.2, 0.25) is 0 Å². The molecule has 0 aromatic carbocycles. The molecule has 3 amide bonds. The van der Waals surface area contributed by atoms with Gasteiger partial charge in [0, 0.05) is 32.1 Å². The molecule has 3 aliphatic rings. The Bertz CT molecular complexity index is 531. The average Bonchev–Trinajstić information content (AvgIpc) is 3.01. The number of aliphatic imine (C=N–C) groups is 1. The van der Waals surface area contributed by atoms with Crippen molar-refractivity contribution in [2.24, 2.45) is 4.99 Å². The van der Waals surface area contributed by atoms with Gasteiger partial charge in [-0.1, -0.05) is 31.0 Å². The largest absolute Gasteiger partial charge is 0.343 e. The molecule has 2 aliphatic heterocycles. The van der Waals surface area contributed by atoms with Crippen molar-refractivity contribution in [3.05, 3.63) is 0 Å². The molecular weight excluding hydrogens is 360 g/mol. The molecule has 1 aliphatic carbocycles. The number of urea groups is 1. The molecule has 1 saturated heterocycles. The number of hydrogen-bond acceptors (Lipinski definition) is 4. The lowest BCUT2D eigenvalue weighted by molar-refractivity contribution is -0.130. The molecule has 0 aromatic rings. The number of nitrogens with one attached hydrogen (secondary N) is 1. The number of likely N-dealkylation sites (tertiary alicyclic amines) is 1. The number of hydrogen-bond donors (Lipinski definition) is 1. The first-order valence-corrected chi connectivity index (χ1v) is 10.6. The van der Waals surface area contributed by atoms with Gasteiger partial charge in [0.1, 0.15) is 4.71 Å². The van der Waals surface area contributed by atoms with Crippen LogP contribution in [0.3, 0.4) is 0 Å². The lowest BCUT2D eigenvalue weighted by Gasteiger charge is -2.43. The summed E-state index contributed by atoms with van der Waals surface area (Å²) in [5, 5.41) is 3.60. The molecule has 8 heteroatoms. The Morgan fingerprint density at radius 2 is 1.80 bits per heavy atom. The van der Waals surface area contributed by atoms with E-state index in [2.05, 4.69) is 15.2 Å². The number of rotatable bonds is 2. The highest BCUT2D eigenvalue weighted by Crippen LogP contribution is 2.29. The zero-order chi connectivity index (χ0) is 17.8. The summed E-state index contributed by atoms with van der Waals surface area (Å²) in [6.07, 6.45) is 7.45. The van der Waals surface area contributed by atoms with Crippen LogP contribution >= 0.6 is 23.4 Å². The van der Waals surface area contributed by atoms with E-state index in [9.17, 15) is 9.59 Å². The summed E-state index contributed by atoms with van der Waals surface area (Å²) in [4.78, 5) is 32.8. The normalized spacial score (nSPS) is 25.6. The molecule has 6 nitrogen and oxygen atoms in total. The molecule has 2 heterocycles. The van der Waals surface area contributed by atoms with Crippen LogP contribution in [0.25, 0.3) is 0 Å². The molecule has 140 valence electrons. The van der Waals surface area contributed by atoms with Gasteiger partial charge in [0.15, 0.2) is 5.17 Å². The zero-order valence-corrected chi connectivity index (χ0v) is 16.3. The van der Waals surface area contributed by atoms with Crippen LogP contribution in [0.5, 0.6) is 0 Å².